The zero-order valence-electron chi connectivity index (χ0n) is 18.2. The lowest BCUT2D eigenvalue weighted by Crippen LogP contribution is -2.13. The molecule has 1 aliphatic rings. The highest BCUT2D eigenvalue weighted by Gasteiger charge is 2.23. The number of nitrogens with two attached hydrogens (primary N) is 1. The van der Waals surface area contributed by atoms with Gasteiger partial charge >= 0.3 is 0 Å². The molecule has 0 radical (unpaired) electrons. The monoisotopic (exact) mass is 425 g/mol. The summed E-state index contributed by atoms with van der Waals surface area (Å²) in [6.45, 7) is 6.77. The van der Waals surface area contributed by atoms with Crippen LogP contribution in [0, 0.1) is 18.3 Å². The minimum Gasteiger partial charge on any atom is -0.482 e. The van der Waals surface area contributed by atoms with E-state index in [9.17, 15) is 5.26 Å². The van der Waals surface area contributed by atoms with Crippen LogP contribution in [0.5, 0.6) is 5.75 Å². The standard InChI is InChI=1S/C24H23N7O/c1-4-30-23-16(13-28-30)8-19-10-18(11-25)29-31(19)21-6-5-14(2)7-20(21)15(3)32-22-9-17(23)12-27-24(22)26/h5-7,9-10,12-13,15H,4,8H2,1-3H3,(H2,26,27). The molecule has 8 nitrogen and oxygen atoms in total. The molecule has 1 aromatic carbocycles. The number of rotatable bonds is 1. The minimum absolute atomic E-state index is 0.318. The topological polar surface area (TPSA) is 108 Å². The van der Waals surface area contributed by atoms with Gasteiger partial charge in [0.05, 0.1) is 23.3 Å². The first-order valence-electron chi connectivity index (χ1n) is 10.6. The summed E-state index contributed by atoms with van der Waals surface area (Å²) in [5, 5.41) is 18.7. The average molecular weight is 425 g/mol. The second-order valence-corrected chi connectivity index (χ2v) is 7.99. The highest BCUT2D eigenvalue weighted by molar-refractivity contribution is 5.68. The predicted octanol–water partition coefficient (Wildman–Crippen LogP) is 3.96. The second kappa shape index (κ2) is 7.54. The summed E-state index contributed by atoms with van der Waals surface area (Å²) in [6.07, 6.45) is 3.86. The maximum Gasteiger partial charge on any atom is 0.166 e. The summed E-state index contributed by atoms with van der Waals surface area (Å²) in [4.78, 5) is 4.40. The lowest BCUT2D eigenvalue weighted by atomic mass is 10.0. The number of ether oxygens (including phenoxy) is 1. The number of fused-ring (bicyclic) bond motifs is 7. The number of hydrogen-bond donors (Lipinski definition) is 1. The van der Waals surface area contributed by atoms with Crippen molar-refractivity contribution in [2.45, 2.75) is 39.8 Å². The van der Waals surface area contributed by atoms with Crippen LogP contribution in [0.1, 0.15) is 48.0 Å². The summed E-state index contributed by atoms with van der Waals surface area (Å²) >= 11 is 0. The molecule has 2 bridgehead atoms. The SMILES string of the molecule is CCn1ncc2c1-c1cnc(N)c(c1)OC(C)c1cc(C)ccc1-n1nc(C#N)cc1C2. The van der Waals surface area contributed by atoms with E-state index >= 15 is 0 Å². The van der Waals surface area contributed by atoms with Gasteiger partial charge in [0.15, 0.2) is 17.3 Å². The van der Waals surface area contributed by atoms with E-state index in [2.05, 4.69) is 27.3 Å². The second-order valence-electron chi connectivity index (χ2n) is 7.99. The summed E-state index contributed by atoms with van der Waals surface area (Å²) in [7, 11) is 0. The Balaban J connectivity index is 1.82. The number of nitrogens with zero attached hydrogens (tertiary/aromatic N) is 6. The molecule has 1 unspecified atom stereocenters. The number of aromatic nitrogens is 5. The Morgan fingerprint density at radius 3 is 2.88 bits per heavy atom. The summed E-state index contributed by atoms with van der Waals surface area (Å²) < 4.78 is 10.1. The Labute approximate surface area is 185 Å². The number of benzene rings is 1. The van der Waals surface area contributed by atoms with Crippen LogP contribution in [0.2, 0.25) is 0 Å². The number of aryl methyl sites for hydroxylation is 2. The first-order chi connectivity index (χ1) is 15.5. The fourth-order valence-electron chi connectivity index (χ4n) is 4.26. The Bertz CT molecular complexity index is 1380. The van der Waals surface area contributed by atoms with Crippen LogP contribution in [0.3, 0.4) is 0 Å². The van der Waals surface area contributed by atoms with E-state index in [-0.39, 0.29) is 6.10 Å². The van der Waals surface area contributed by atoms with Crippen molar-refractivity contribution >= 4 is 5.82 Å². The van der Waals surface area contributed by atoms with Gasteiger partial charge in [0, 0.05) is 35.9 Å². The summed E-state index contributed by atoms with van der Waals surface area (Å²) in [5.74, 6) is 0.860. The van der Waals surface area contributed by atoms with E-state index in [4.69, 9.17) is 10.5 Å². The molecule has 1 aliphatic heterocycles. The van der Waals surface area contributed by atoms with E-state index in [1.807, 2.05) is 60.6 Å². The fraction of sp³-hybridized carbons (Fsp3) is 0.250. The van der Waals surface area contributed by atoms with Gasteiger partial charge in [-0.05, 0) is 39.0 Å². The van der Waals surface area contributed by atoms with Crippen molar-refractivity contribution in [2.24, 2.45) is 0 Å². The van der Waals surface area contributed by atoms with Crippen molar-refractivity contribution in [3.05, 3.63) is 70.8 Å². The molecule has 5 rings (SSSR count). The van der Waals surface area contributed by atoms with Crippen LogP contribution in [0.25, 0.3) is 16.9 Å². The van der Waals surface area contributed by atoms with Crippen LogP contribution < -0.4 is 10.5 Å². The number of anilines is 1. The van der Waals surface area contributed by atoms with Gasteiger partial charge in [0.25, 0.3) is 0 Å². The average Bonchev–Trinajstić information content (AvgIpc) is 3.38. The van der Waals surface area contributed by atoms with Gasteiger partial charge in [-0.25, -0.2) is 9.67 Å². The summed E-state index contributed by atoms with van der Waals surface area (Å²) in [5.41, 5.74) is 13.2. The zero-order chi connectivity index (χ0) is 22.4. The number of pyridine rings is 1. The van der Waals surface area contributed by atoms with Gasteiger partial charge in [-0.2, -0.15) is 15.5 Å². The molecule has 2 N–H and O–H groups in total. The highest BCUT2D eigenvalue weighted by Crippen LogP contribution is 2.36. The van der Waals surface area contributed by atoms with Crippen molar-refractivity contribution in [2.75, 3.05) is 5.73 Å². The number of hydrogen-bond acceptors (Lipinski definition) is 6. The Morgan fingerprint density at radius 1 is 1.25 bits per heavy atom. The van der Waals surface area contributed by atoms with Gasteiger partial charge in [-0.3, -0.25) is 4.68 Å². The molecule has 0 spiro atoms. The van der Waals surface area contributed by atoms with Gasteiger partial charge in [-0.15, -0.1) is 0 Å². The van der Waals surface area contributed by atoms with Crippen molar-refractivity contribution in [1.82, 2.24) is 24.5 Å². The molecule has 4 heterocycles. The van der Waals surface area contributed by atoms with E-state index in [1.54, 1.807) is 6.20 Å². The number of nitrogen functional groups attached to an aromatic ring is 1. The van der Waals surface area contributed by atoms with E-state index in [0.717, 1.165) is 39.3 Å². The molecular weight excluding hydrogens is 402 g/mol. The molecule has 0 aliphatic carbocycles. The third-order valence-electron chi connectivity index (χ3n) is 5.79. The van der Waals surface area contributed by atoms with E-state index in [1.165, 1.54) is 0 Å². The van der Waals surface area contributed by atoms with Gasteiger partial charge < -0.3 is 10.5 Å². The molecule has 0 fully saturated rings. The maximum atomic E-state index is 9.55. The number of nitriles is 1. The van der Waals surface area contributed by atoms with Crippen LogP contribution >= 0.6 is 0 Å². The molecule has 1 atom stereocenters. The normalized spacial score (nSPS) is 14.8. The maximum absolute atomic E-state index is 9.55. The Morgan fingerprint density at radius 2 is 2.09 bits per heavy atom. The first-order valence-corrected chi connectivity index (χ1v) is 10.6. The lowest BCUT2D eigenvalue weighted by molar-refractivity contribution is 0.227. The van der Waals surface area contributed by atoms with E-state index in [0.29, 0.717) is 30.2 Å². The minimum atomic E-state index is -0.318. The van der Waals surface area contributed by atoms with Crippen molar-refractivity contribution in [3.8, 4) is 28.8 Å². The molecule has 0 amide bonds. The van der Waals surface area contributed by atoms with Crippen LogP contribution in [-0.2, 0) is 13.0 Å². The van der Waals surface area contributed by atoms with Crippen molar-refractivity contribution in [3.63, 3.8) is 0 Å². The molecule has 160 valence electrons. The van der Waals surface area contributed by atoms with E-state index < -0.39 is 0 Å². The fourth-order valence-corrected chi connectivity index (χ4v) is 4.26. The third-order valence-corrected chi connectivity index (χ3v) is 5.79. The molecule has 4 aromatic rings. The lowest BCUT2D eigenvalue weighted by Gasteiger charge is -2.22. The quantitative estimate of drug-likeness (QED) is 0.495. The zero-order valence-corrected chi connectivity index (χ0v) is 18.2. The Hall–Kier alpha value is -4.12. The molecule has 32 heavy (non-hydrogen) atoms. The first kappa shape index (κ1) is 19.8. The highest BCUT2D eigenvalue weighted by atomic mass is 16.5. The molecule has 0 saturated carbocycles. The van der Waals surface area contributed by atoms with Crippen LogP contribution in [-0.4, -0.2) is 24.5 Å². The predicted molar refractivity (Wildman–Crippen MR) is 120 cm³/mol. The molecule has 8 heteroatoms. The third kappa shape index (κ3) is 3.19. The van der Waals surface area contributed by atoms with Gasteiger partial charge in [-0.1, -0.05) is 17.7 Å². The summed E-state index contributed by atoms with van der Waals surface area (Å²) in [6, 6.07) is 12.1. The van der Waals surface area contributed by atoms with Gasteiger partial charge in [0.1, 0.15) is 12.2 Å². The smallest absolute Gasteiger partial charge is 0.166 e. The largest absolute Gasteiger partial charge is 0.482 e. The van der Waals surface area contributed by atoms with Gasteiger partial charge in [0.2, 0.25) is 0 Å². The van der Waals surface area contributed by atoms with Crippen LogP contribution in [0.15, 0.2) is 42.7 Å². The molecule has 0 saturated heterocycles. The van der Waals surface area contributed by atoms with Crippen molar-refractivity contribution < 1.29 is 4.74 Å². The molecule has 3 aromatic heterocycles. The molecular formula is C24H23N7O. The van der Waals surface area contributed by atoms with Crippen molar-refractivity contribution in [1.29, 1.82) is 5.26 Å². The van der Waals surface area contributed by atoms with Crippen LogP contribution in [0.4, 0.5) is 5.82 Å². The Kier molecular flexibility index (Phi) is 4.67.